The van der Waals surface area contributed by atoms with Crippen LogP contribution in [0.25, 0.3) is 0 Å². The van der Waals surface area contributed by atoms with Gasteiger partial charge in [-0.25, -0.2) is 13.8 Å². The van der Waals surface area contributed by atoms with Crippen molar-refractivity contribution in [3.05, 3.63) is 40.7 Å². The van der Waals surface area contributed by atoms with Gasteiger partial charge in [0.2, 0.25) is 0 Å². The number of urea groups is 1. The van der Waals surface area contributed by atoms with Crippen LogP contribution in [0, 0.1) is 0 Å². The summed E-state index contributed by atoms with van der Waals surface area (Å²) in [5.41, 5.74) is 5.84. The molecule has 1 saturated heterocycles. The van der Waals surface area contributed by atoms with E-state index < -0.39 is 28.4 Å². The van der Waals surface area contributed by atoms with Gasteiger partial charge in [0.05, 0.1) is 37.2 Å². The minimum absolute atomic E-state index is 0.0402. The van der Waals surface area contributed by atoms with E-state index in [1.165, 1.54) is 22.0 Å². The van der Waals surface area contributed by atoms with Crippen LogP contribution < -0.4 is 14.3 Å². The Hall–Kier alpha value is -2.63. The van der Waals surface area contributed by atoms with Crippen LogP contribution in [0.2, 0.25) is 0 Å². The molecule has 0 bridgehead atoms. The maximum atomic E-state index is 13.3. The highest BCUT2D eigenvalue weighted by Gasteiger charge is 2.33. The Labute approximate surface area is 193 Å². The van der Waals surface area contributed by atoms with E-state index in [1.54, 1.807) is 13.2 Å². The molecule has 33 heavy (non-hydrogen) atoms. The molecule has 2 amide bonds. The van der Waals surface area contributed by atoms with Gasteiger partial charge >= 0.3 is 16.2 Å². The number of hydrogen-bond acceptors (Lipinski definition) is 6. The van der Waals surface area contributed by atoms with Crippen molar-refractivity contribution in [3.63, 3.8) is 0 Å². The Bertz CT molecular complexity index is 1150. The molecule has 11 heteroatoms. The number of carbonyl (C=O) groups is 1. The van der Waals surface area contributed by atoms with E-state index in [4.69, 9.17) is 4.74 Å². The van der Waals surface area contributed by atoms with Crippen LogP contribution in [0.1, 0.15) is 41.5 Å². The summed E-state index contributed by atoms with van der Waals surface area (Å²) in [5.74, 6) is 0. The summed E-state index contributed by atoms with van der Waals surface area (Å²) in [6, 6.07) is 1.47. The number of nitrogens with one attached hydrogen (secondary N) is 2. The Morgan fingerprint density at radius 2 is 1.94 bits per heavy atom. The lowest BCUT2D eigenvalue weighted by atomic mass is 9.99. The summed E-state index contributed by atoms with van der Waals surface area (Å²) in [5, 5.41) is 16.7. The molecule has 2 heterocycles. The number of nitrogens with zero attached hydrogens (tertiary/aromatic N) is 3. The zero-order valence-corrected chi connectivity index (χ0v) is 19.4. The third kappa shape index (κ3) is 4.44. The van der Waals surface area contributed by atoms with Crippen molar-refractivity contribution >= 4 is 27.6 Å². The number of aliphatic hydroxyl groups excluding tert-OH is 1. The van der Waals surface area contributed by atoms with Crippen molar-refractivity contribution in [3.8, 4) is 0 Å². The standard InChI is InChI=1S/C22H29N5O5S/c1-26-11-16(10-23-26)27(12-18-9-17(28)13-32-18)33(30,31)25-22(29)24-21-19-6-2-4-14(19)8-15-5-3-7-20(15)21/h8,10-11,17-18,28H,2-7,9,12-13H2,1H3,(H2,24,25,29)/t17-,18-/m1/s1. The maximum absolute atomic E-state index is 13.3. The number of rotatable bonds is 6. The molecule has 3 N–H and O–H groups in total. The fourth-order valence-electron chi connectivity index (χ4n) is 5.16. The molecule has 0 unspecified atom stereocenters. The fraction of sp³-hybridized carbons (Fsp3) is 0.545. The first-order valence-corrected chi connectivity index (χ1v) is 12.8. The predicted octanol–water partition coefficient (Wildman–Crippen LogP) is 1.42. The Kier molecular flexibility index (Phi) is 5.79. The molecule has 1 aromatic heterocycles. The monoisotopic (exact) mass is 475 g/mol. The van der Waals surface area contributed by atoms with Crippen molar-refractivity contribution in [2.24, 2.45) is 7.05 Å². The minimum atomic E-state index is -4.26. The van der Waals surface area contributed by atoms with Gasteiger partial charge in [-0.3, -0.25) is 4.68 Å². The van der Waals surface area contributed by atoms with Crippen LogP contribution in [0.4, 0.5) is 16.2 Å². The van der Waals surface area contributed by atoms with Gasteiger partial charge < -0.3 is 15.2 Å². The maximum Gasteiger partial charge on any atom is 0.334 e. The molecule has 1 fully saturated rings. The molecule has 0 saturated carbocycles. The van der Waals surface area contributed by atoms with Gasteiger partial charge in [-0.05, 0) is 60.8 Å². The van der Waals surface area contributed by atoms with E-state index in [0.717, 1.165) is 59.6 Å². The minimum Gasteiger partial charge on any atom is -0.391 e. The second-order valence-corrected chi connectivity index (χ2v) is 10.6. The molecule has 1 aromatic carbocycles. The van der Waals surface area contributed by atoms with Crippen molar-refractivity contribution < 1.29 is 23.1 Å². The molecule has 2 aliphatic carbocycles. The molecule has 3 aliphatic rings. The number of aliphatic hydroxyl groups is 1. The molecule has 1 aliphatic heterocycles. The van der Waals surface area contributed by atoms with Crippen LogP contribution in [0.5, 0.6) is 0 Å². The van der Waals surface area contributed by atoms with Crippen LogP contribution in [-0.4, -0.2) is 54.7 Å². The lowest BCUT2D eigenvalue weighted by Crippen LogP contribution is -2.48. The van der Waals surface area contributed by atoms with Gasteiger partial charge in [-0.15, -0.1) is 0 Å². The number of ether oxygens (including phenoxy) is 1. The SMILES string of the molecule is Cn1cc(N(C[C@H]2C[C@@H](O)CO2)S(=O)(=O)NC(=O)Nc2c3c(cc4c2CCC4)CCC3)cn1. The lowest BCUT2D eigenvalue weighted by molar-refractivity contribution is 0.0930. The second-order valence-electron chi connectivity index (χ2n) is 9.04. The van der Waals surface area contributed by atoms with Gasteiger partial charge in [-0.1, -0.05) is 6.07 Å². The molecule has 10 nitrogen and oxygen atoms in total. The number of aryl methyl sites for hydroxylation is 3. The average molecular weight is 476 g/mol. The summed E-state index contributed by atoms with van der Waals surface area (Å²) in [6.45, 7) is 0.116. The van der Waals surface area contributed by atoms with Crippen LogP contribution >= 0.6 is 0 Å². The van der Waals surface area contributed by atoms with Gasteiger partial charge in [0.1, 0.15) is 0 Å². The largest absolute Gasteiger partial charge is 0.391 e. The summed E-state index contributed by atoms with van der Waals surface area (Å²) < 4.78 is 36.8. The van der Waals surface area contributed by atoms with Crippen LogP contribution in [0.15, 0.2) is 18.5 Å². The predicted molar refractivity (Wildman–Crippen MR) is 122 cm³/mol. The number of carbonyl (C=O) groups excluding carboxylic acids is 1. The van der Waals surface area contributed by atoms with Crippen LogP contribution in [0.3, 0.4) is 0 Å². The van der Waals surface area contributed by atoms with E-state index in [2.05, 4.69) is 21.2 Å². The highest BCUT2D eigenvalue weighted by atomic mass is 32.2. The quantitative estimate of drug-likeness (QED) is 0.580. The van der Waals surface area contributed by atoms with E-state index in [1.807, 2.05) is 0 Å². The number of aromatic nitrogens is 2. The van der Waals surface area contributed by atoms with Crippen molar-refractivity contribution in [1.82, 2.24) is 14.5 Å². The topological polar surface area (TPSA) is 126 Å². The number of hydrogen-bond donors (Lipinski definition) is 3. The third-order valence-electron chi connectivity index (χ3n) is 6.63. The van der Waals surface area contributed by atoms with E-state index >= 15 is 0 Å². The fourth-order valence-corrected chi connectivity index (χ4v) is 6.29. The molecule has 2 aromatic rings. The first-order valence-electron chi connectivity index (χ1n) is 11.4. The summed E-state index contributed by atoms with van der Waals surface area (Å²) in [6.07, 6.45) is 7.98. The number of anilines is 2. The molecule has 0 spiro atoms. The highest BCUT2D eigenvalue weighted by molar-refractivity contribution is 7.91. The third-order valence-corrected chi connectivity index (χ3v) is 8.01. The smallest absolute Gasteiger partial charge is 0.334 e. The van der Waals surface area contributed by atoms with Crippen LogP contribution in [-0.2, 0) is 47.7 Å². The van der Waals surface area contributed by atoms with E-state index in [-0.39, 0.29) is 13.2 Å². The zero-order valence-electron chi connectivity index (χ0n) is 18.6. The zero-order chi connectivity index (χ0) is 23.2. The molecule has 178 valence electrons. The Morgan fingerprint density at radius 1 is 1.24 bits per heavy atom. The molecule has 0 radical (unpaired) electrons. The number of benzene rings is 1. The van der Waals surface area contributed by atoms with E-state index in [9.17, 15) is 18.3 Å². The molecule has 5 rings (SSSR count). The second kappa shape index (κ2) is 8.62. The van der Waals surface area contributed by atoms with Gasteiger partial charge in [0, 0.05) is 25.4 Å². The normalized spacial score (nSPS) is 21.6. The summed E-state index contributed by atoms with van der Waals surface area (Å²) in [4.78, 5) is 12.9. The molecular formula is C22H29N5O5S. The van der Waals surface area contributed by atoms with Crippen molar-refractivity contribution in [2.75, 3.05) is 22.8 Å². The molecular weight excluding hydrogens is 446 g/mol. The lowest BCUT2D eigenvalue weighted by Gasteiger charge is -2.25. The first-order chi connectivity index (χ1) is 15.8. The van der Waals surface area contributed by atoms with Gasteiger partial charge in [-0.2, -0.15) is 13.5 Å². The average Bonchev–Trinajstić information content (AvgIpc) is 3.53. The number of fused-ring (bicyclic) bond motifs is 2. The first kappa shape index (κ1) is 22.2. The Balaban J connectivity index is 1.37. The number of amides is 2. The van der Waals surface area contributed by atoms with Crippen molar-refractivity contribution in [1.29, 1.82) is 0 Å². The summed E-state index contributed by atoms with van der Waals surface area (Å²) in [7, 11) is -2.58. The summed E-state index contributed by atoms with van der Waals surface area (Å²) >= 11 is 0. The van der Waals surface area contributed by atoms with Crippen molar-refractivity contribution in [2.45, 2.75) is 57.2 Å². The van der Waals surface area contributed by atoms with Gasteiger partial charge in [0.25, 0.3) is 0 Å². The highest BCUT2D eigenvalue weighted by Crippen LogP contribution is 2.38. The molecule has 2 atom stereocenters. The van der Waals surface area contributed by atoms with Gasteiger partial charge in [0.15, 0.2) is 0 Å². The Morgan fingerprint density at radius 3 is 2.52 bits per heavy atom. The van der Waals surface area contributed by atoms with E-state index in [0.29, 0.717) is 12.1 Å².